The minimum atomic E-state index is -1.10. The molecule has 0 aliphatic carbocycles. The predicted octanol–water partition coefficient (Wildman–Crippen LogP) is 3.18. The number of nitrogens with zero attached hydrogens (tertiary/aromatic N) is 1. The maximum atomic E-state index is 13.7. The van der Waals surface area contributed by atoms with Crippen LogP contribution < -0.4 is 5.32 Å². The zero-order valence-corrected chi connectivity index (χ0v) is 10.0. The first-order valence-electron chi connectivity index (χ1n) is 5.51. The third-order valence-corrected chi connectivity index (χ3v) is 2.55. The van der Waals surface area contributed by atoms with Crippen LogP contribution in [0.25, 0.3) is 0 Å². The second-order valence-electron chi connectivity index (χ2n) is 3.93. The lowest BCUT2D eigenvalue weighted by molar-refractivity contribution is -0.385. The van der Waals surface area contributed by atoms with Gasteiger partial charge in [-0.05, 0) is 24.3 Å². The van der Waals surface area contributed by atoms with E-state index in [4.69, 9.17) is 5.11 Å². The van der Waals surface area contributed by atoms with Gasteiger partial charge in [-0.25, -0.2) is 9.18 Å². The Kier molecular flexibility index (Phi) is 3.60. The third kappa shape index (κ3) is 2.89. The van der Waals surface area contributed by atoms with Gasteiger partial charge in [-0.15, -0.1) is 0 Å². The molecule has 0 saturated heterocycles. The van der Waals surface area contributed by atoms with Gasteiger partial charge < -0.3 is 10.4 Å². The van der Waals surface area contributed by atoms with Gasteiger partial charge in [-0.1, -0.05) is 6.07 Å². The molecule has 2 aromatic carbocycles. The maximum Gasteiger partial charge on any atom is 0.335 e. The molecule has 7 heteroatoms. The Hall–Kier alpha value is -2.96. The fourth-order valence-corrected chi connectivity index (χ4v) is 1.60. The Morgan fingerprint density at radius 2 is 2.00 bits per heavy atom. The smallest absolute Gasteiger partial charge is 0.335 e. The number of nitro groups is 1. The highest BCUT2D eigenvalue weighted by Crippen LogP contribution is 2.24. The number of anilines is 2. The van der Waals surface area contributed by atoms with E-state index in [1.165, 1.54) is 24.3 Å². The summed E-state index contributed by atoms with van der Waals surface area (Å²) in [6.07, 6.45) is 0. The van der Waals surface area contributed by atoms with Crippen LogP contribution in [0.1, 0.15) is 10.4 Å². The molecule has 20 heavy (non-hydrogen) atoms. The molecule has 0 heterocycles. The summed E-state index contributed by atoms with van der Waals surface area (Å²) in [6, 6.07) is 8.99. The van der Waals surface area contributed by atoms with Crippen LogP contribution in [-0.4, -0.2) is 16.0 Å². The van der Waals surface area contributed by atoms with Crippen molar-refractivity contribution in [1.29, 1.82) is 0 Å². The van der Waals surface area contributed by atoms with Crippen LogP contribution >= 0.6 is 0 Å². The van der Waals surface area contributed by atoms with E-state index in [0.29, 0.717) is 5.69 Å². The molecule has 2 aromatic rings. The van der Waals surface area contributed by atoms with E-state index < -0.39 is 16.7 Å². The Morgan fingerprint density at radius 3 is 2.60 bits per heavy atom. The van der Waals surface area contributed by atoms with Crippen molar-refractivity contribution in [2.24, 2.45) is 0 Å². The number of carbonyl (C=O) groups is 1. The van der Waals surface area contributed by atoms with E-state index in [1.54, 1.807) is 6.07 Å². The lowest BCUT2D eigenvalue weighted by Crippen LogP contribution is -1.99. The number of benzene rings is 2. The van der Waals surface area contributed by atoms with Crippen LogP contribution in [0.4, 0.5) is 21.5 Å². The normalized spacial score (nSPS) is 10.1. The van der Waals surface area contributed by atoms with Gasteiger partial charge >= 0.3 is 5.97 Å². The second-order valence-corrected chi connectivity index (χ2v) is 3.93. The Balaban J connectivity index is 2.28. The first kappa shape index (κ1) is 13.5. The molecule has 0 radical (unpaired) electrons. The number of nitrogens with one attached hydrogen (secondary N) is 1. The van der Waals surface area contributed by atoms with Crippen LogP contribution in [0.3, 0.4) is 0 Å². The van der Waals surface area contributed by atoms with Gasteiger partial charge in [-0.3, -0.25) is 10.1 Å². The van der Waals surface area contributed by atoms with Gasteiger partial charge in [-0.2, -0.15) is 0 Å². The lowest BCUT2D eigenvalue weighted by Gasteiger charge is -2.08. The largest absolute Gasteiger partial charge is 0.478 e. The summed E-state index contributed by atoms with van der Waals surface area (Å²) in [6.45, 7) is 0. The van der Waals surface area contributed by atoms with Crippen molar-refractivity contribution in [2.75, 3.05) is 5.32 Å². The number of halogens is 1. The average Bonchev–Trinajstić information content (AvgIpc) is 2.41. The number of hydrogen-bond donors (Lipinski definition) is 2. The topological polar surface area (TPSA) is 92.5 Å². The van der Waals surface area contributed by atoms with E-state index in [9.17, 15) is 19.3 Å². The zero-order valence-electron chi connectivity index (χ0n) is 10.0. The number of non-ortho nitro benzene ring substituents is 1. The molecule has 2 N–H and O–H groups in total. The SMILES string of the molecule is O=C(O)c1cccc(Nc2ccc([N+](=O)[O-])cc2F)c1. The van der Waals surface area contributed by atoms with E-state index in [-0.39, 0.29) is 16.9 Å². The highest BCUT2D eigenvalue weighted by atomic mass is 19.1. The fraction of sp³-hybridized carbons (Fsp3) is 0. The van der Waals surface area contributed by atoms with Crippen molar-refractivity contribution in [1.82, 2.24) is 0 Å². The second kappa shape index (κ2) is 5.35. The van der Waals surface area contributed by atoms with Gasteiger partial charge in [0.05, 0.1) is 22.2 Å². The van der Waals surface area contributed by atoms with Crippen LogP contribution in [0, 0.1) is 15.9 Å². The summed E-state index contributed by atoms with van der Waals surface area (Å²) < 4.78 is 13.7. The van der Waals surface area contributed by atoms with Gasteiger partial charge in [0.15, 0.2) is 5.82 Å². The molecule has 0 aliphatic heterocycles. The molecule has 0 amide bonds. The van der Waals surface area contributed by atoms with Gasteiger partial charge in [0.2, 0.25) is 0 Å². The number of rotatable bonds is 4. The third-order valence-electron chi connectivity index (χ3n) is 2.55. The number of carboxylic acid groups (broad SMARTS) is 1. The summed E-state index contributed by atoms with van der Waals surface area (Å²) in [5.74, 6) is -1.89. The Morgan fingerprint density at radius 1 is 1.25 bits per heavy atom. The van der Waals surface area contributed by atoms with Crippen molar-refractivity contribution in [3.8, 4) is 0 Å². The molecule has 0 atom stereocenters. The van der Waals surface area contributed by atoms with Crippen molar-refractivity contribution in [3.63, 3.8) is 0 Å². The van der Waals surface area contributed by atoms with Crippen LogP contribution in [0.2, 0.25) is 0 Å². The molecule has 6 nitrogen and oxygen atoms in total. The highest BCUT2D eigenvalue weighted by molar-refractivity contribution is 5.89. The van der Waals surface area contributed by atoms with E-state index >= 15 is 0 Å². The molecule has 0 spiro atoms. The summed E-state index contributed by atoms with van der Waals surface area (Å²) in [5, 5.41) is 22.0. The number of aromatic carboxylic acids is 1. The molecular weight excluding hydrogens is 267 g/mol. The Bertz CT molecular complexity index is 688. The predicted molar refractivity (Wildman–Crippen MR) is 69.7 cm³/mol. The quantitative estimate of drug-likeness (QED) is 0.660. The fourth-order valence-electron chi connectivity index (χ4n) is 1.60. The molecule has 0 fully saturated rings. The molecule has 0 aliphatic rings. The van der Waals surface area contributed by atoms with Crippen LogP contribution in [0.15, 0.2) is 42.5 Å². The molecule has 0 bridgehead atoms. The number of nitro benzene ring substituents is 1. The van der Waals surface area contributed by atoms with Crippen molar-refractivity contribution in [2.45, 2.75) is 0 Å². The summed E-state index contributed by atoms with van der Waals surface area (Å²) >= 11 is 0. The van der Waals surface area contributed by atoms with Crippen LogP contribution in [0.5, 0.6) is 0 Å². The van der Waals surface area contributed by atoms with Gasteiger partial charge in [0.25, 0.3) is 5.69 Å². The summed E-state index contributed by atoms with van der Waals surface area (Å²) in [4.78, 5) is 20.6. The molecule has 0 saturated carbocycles. The average molecular weight is 276 g/mol. The molecule has 2 rings (SSSR count). The summed E-state index contributed by atoms with van der Waals surface area (Å²) in [5.41, 5.74) is 0.0976. The minimum Gasteiger partial charge on any atom is -0.478 e. The highest BCUT2D eigenvalue weighted by Gasteiger charge is 2.11. The van der Waals surface area contributed by atoms with Crippen molar-refractivity contribution in [3.05, 3.63) is 64.0 Å². The van der Waals surface area contributed by atoms with Crippen molar-refractivity contribution < 1.29 is 19.2 Å². The Labute approximate surface area is 112 Å². The number of carboxylic acids is 1. The van der Waals surface area contributed by atoms with E-state index in [0.717, 1.165) is 12.1 Å². The minimum absolute atomic E-state index is 0.0261. The van der Waals surface area contributed by atoms with Crippen LogP contribution in [-0.2, 0) is 0 Å². The maximum absolute atomic E-state index is 13.7. The molecular formula is C13H9FN2O4. The first-order valence-corrected chi connectivity index (χ1v) is 5.51. The summed E-state index contributed by atoms with van der Waals surface area (Å²) in [7, 11) is 0. The first-order chi connectivity index (χ1) is 9.47. The monoisotopic (exact) mass is 276 g/mol. The van der Waals surface area contributed by atoms with Crippen molar-refractivity contribution >= 4 is 23.0 Å². The number of hydrogen-bond acceptors (Lipinski definition) is 4. The van der Waals surface area contributed by atoms with Gasteiger partial charge in [0, 0.05) is 11.8 Å². The van der Waals surface area contributed by atoms with E-state index in [2.05, 4.69) is 5.32 Å². The van der Waals surface area contributed by atoms with Gasteiger partial charge in [0.1, 0.15) is 0 Å². The van der Waals surface area contributed by atoms with E-state index in [1.807, 2.05) is 0 Å². The molecule has 102 valence electrons. The molecule has 0 unspecified atom stereocenters. The standard InChI is InChI=1S/C13H9FN2O4/c14-11-7-10(16(19)20)4-5-12(11)15-9-3-1-2-8(6-9)13(17)18/h1-7,15H,(H,17,18). The molecule has 0 aromatic heterocycles. The zero-order chi connectivity index (χ0) is 14.7. The lowest BCUT2D eigenvalue weighted by atomic mass is 10.2.